The Bertz CT molecular complexity index is 105. The van der Waals surface area contributed by atoms with Crippen LogP contribution in [0.2, 0.25) is 0 Å². The average Bonchev–Trinajstić information content (AvgIpc) is 1.68. The molecule has 0 aromatic rings. The van der Waals surface area contributed by atoms with E-state index in [2.05, 4.69) is 0 Å². The number of ketones is 1. The van der Waals surface area contributed by atoms with Gasteiger partial charge >= 0.3 is 0 Å². The van der Waals surface area contributed by atoms with Crippen LogP contribution in [0.25, 0.3) is 0 Å². The van der Waals surface area contributed by atoms with Gasteiger partial charge in [0.2, 0.25) is 0 Å². The molecule has 1 N–H and O–H groups in total. The topological polar surface area (TPSA) is 40.9 Å². The van der Waals surface area contributed by atoms with Crippen LogP contribution < -0.4 is 0 Å². The Morgan fingerprint density at radius 3 is 2.43 bits per heavy atom. The molecule has 0 bridgehead atoms. The molecule has 7 heavy (non-hydrogen) atoms. The Hall–Kier alpha value is -0.920. The summed E-state index contributed by atoms with van der Waals surface area (Å²) in [7, 11) is 0. The second kappa shape index (κ2) is 3.28. The molecule has 0 fully saturated rings. The predicted octanol–water partition coefficient (Wildman–Crippen LogP) is 0.781. The molecule has 0 rings (SSSR count). The van der Waals surface area contributed by atoms with Gasteiger partial charge in [0.15, 0.2) is 5.78 Å². The zero-order chi connectivity index (χ0) is 5.70. The molecule has 0 aromatic carbocycles. The van der Waals surface area contributed by atoms with Crippen molar-refractivity contribution in [1.29, 1.82) is 5.41 Å². The molecule has 0 aliphatic carbocycles. The third-order valence-electron chi connectivity index (χ3n) is 0.473. The molecule has 38 valence electrons. The summed E-state index contributed by atoms with van der Waals surface area (Å²) < 4.78 is 0. The van der Waals surface area contributed by atoms with E-state index in [4.69, 9.17) is 5.41 Å². The Labute approximate surface area is 42.4 Å². The van der Waals surface area contributed by atoms with Gasteiger partial charge in [0, 0.05) is 0 Å². The van der Waals surface area contributed by atoms with Crippen LogP contribution in [0.5, 0.6) is 0 Å². The summed E-state index contributed by atoms with van der Waals surface area (Å²) in [6.45, 7) is 1.74. The number of rotatable bonds is 2. The zero-order valence-electron chi connectivity index (χ0n) is 4.14. The van der Waals surface area contributed by atoms with E-state index in [9.17, 15) is 4.79 Å². The van der Waals surface area contributed by atoms with Crippen molar-refractivity contribution >= 4 is 12.0 Å². The van der Waals surface area contributed by atoms with Crippen molar-refractivity contribution in [2.24, 2.45) is 0 Å². The Morgan fingerprint density at radius 2 is 2.29 bits per heavy atom. The molecular weight excluding hydrogens is 90.1 g/mol. The monoisotopic (exact) mass is 97.1 g/mol. The van der Waals surface area contributed by atoms with E-state index in [1.54, 1.807) is 13.0 Å². The van der Waals surface area contributed by atoms with Crippen molar-refractivity contribution < 1.29 is 4.79 Å². The minimum atomic E-state index is -0.262. The van der Waals surface area contributed by atoms with Gasteiger partial charge < -0.3 is 5.41 Å². The number of hydrogen-bond donors (Lipinski definition) is 1. The first kappa shape index (κ1) is 6.08. The fraction of sp³-hybridized carbons (Fsp3) is 0.200. The second-order valence-electron chi connectivity index (χ2n) is 1.05. The normalized spacial score (nSPS) is 9.29. The quantitative estimate of drug-likeness (QED) is 0.401. The number of carbonyl (C=O) groups excluding carboxylic acids is 1. The fourth-order valence-corrected chi connectivity index (χ4v) is 0.212. The van der Waals surface area contributed by atoms with Gasteiger partial charge in [0.1, 0.15) is 0 Å². The molecule has 0 unspecified atom stereocenters. The van der Waals surface area contributed by atoms with E-state index in [0.29, 0.717) is 0 Å². The maximum Gasteiger partial charge on any atom is 0.195 e. The van der Waals surface area contributed by atoms with Crippen LogP contribution in [0.1, 0.15) is 6.92 Å². The zero-order valence-corrected chi connectivity index (χ0v) is 4.14. The molecule has 0 spiro atoms. The maximum absolute atomic E-state index is 10.1. The smallest absolute Gasteiger partial charge is 0.195 e. The lowest BCUT2D eigenvalue weighted by Gasteiger charge is -1.70. The Morgan fingerprint density at radius 1 is 1.71 bits per heavy atom. The third-order valence-corrected chi connectivity index (χ3v) is 0.473. The Balaban J connectivity index is 3.58. The molecule has 0 amide bonds. The highest BCUT2D eigenvalue weighted by molar-refractivity contribution is 6.31. The number of carbonyl (C=O) groups is 1. The van der Waals surface area contributed by atoms with Gasteiger partial charge in [-0.25, -0.2) is 0 Å². The van der Waals surface area contributed by atoms with Gasteiger partial charge in [0.25, 0.3) is 0 Å². The first-order chi connectivity index (χ1) is 3.31. The summed E-state index contributed by atoms with van der Waals surface area (Å²) in [5, 5.41) is 6.39. The molecule has 2 nitrogen and oxygen atoms in total. The molecule has 0 heterocycles. The van der Waals surface area contributed by atoms with Gasteiger partial charge in [-0.3, -0.25) is 4.79 Å². The highest BCUT2D eigenvalue weighted by Crippen LogP contribution is 1.68. The molecule has 0 saturated heterocycles. The van der Waals surface area contributed by atoms with Gasteiger partial charge in [0.05, 0.1) is 6.21 Å². The minimum absolute atomic E-state index is 0.262. The summed E-state index contributed by atoms with van der Waals surface area (Å²) in [6, 6.07) is 0. The van der Waals surface area contributed by atoms with E-state index < -0.39 is 0 Å². The fourth-order valence-electron chi connectivity index (χ4n) is 0.212. The van der Waals surface area contributed by atoms with Crippen LogP contribution in [0.15, 0.2) is 12.2 Å². The molecule has 0 aromatic heterocycles. The molecule has 0 aliphatic rings. The lowest BCUT2D eigenvalue weighted by atomic mass is 10.4. The maximum atomic E-state index is 10.1. The molecular formula is C5H7NO. The van der Waals surface area contributed by atoms with E-state index in [1.165, 1.54) is 6.08 Å². The molecule has 2 heteroatoms. The van der Waals surface area contributed by atoms with Crippen LogP contribution >= 0.6 is 0 Å². The first-order valence-electron chi connectivity index (χ1n) is 1.98. The van der Waals surface area contributed by atoms with Crippen LogP contribution in [0.4, 0.5) is 0 Å². The van der Waals surface area contributed by atoms with Gasteiger partial charge in [-0.15, -0.1) is 0 Å². The average molecular weight is 97.1 g/mol. The van der Waals surface area contributed by atoms with Crippen molar-refractivity contribution in [2.75, 3.05) is 0 Å². The number of hydrogen-bond acceptors (Lipinski definition) is 2. The Kier molecular flexibility index (Phi) is 2.85. The molecule has 0 saturated carbocycles. The molecule has 0 atom stereocenters. The van der Waals surface area contributed by atoms with Crippen molar-refractivity contribution in [3.63, 3.8) is 0 Å². The van der Waals surface area contributed by atoms with Gasteiger partial charge in [-0.1, -0.05) is 6.08 Å². The van der Waals surface area contributed by atoms with Crippen molar-refractivity contribution in [3.05, 3.63) is 12.2 Å². The van der Waals surface area contributed by atoms with Gasteiger partial charge in [-0.2, -0.15) is 0 Å². The standard InChI is InChI=1S/C5H7NO/c1-2-3-5(7)4-6/h2-4,6H,1H3/b3-2+,6-4?. The molecule has 0 aliphatic heterocycles. The lowest BCUT2D eigenvalue weighted by molar-refractivity contribution is -0.108. The van der Waals surface area contributed by atoms with E-state index in [0.717, 1.165) is 6.21 Å². The van der Waals surface area contributed by atoms with Crippen LogP contribution in [-0.2, 0) is 4.79 Å². The highest BCUT2D eigenvalue weighted by atomic mass is 16.1. The highest BCUT2D eigenvalue weighted by Gasteiger charge is 1.80. The van der Waals surface area contributed by atoms with E-state index in [-0.39, 0.29) is 5.78 Å². The first-order valence-corrected chi connectivity index (χ1v) is 1.98. The summed E-state index contributed by atoms with van der Waals surface area (Å²) in [6.07, 6.45) is 3.72. The van der Waals surface area contributed by atoms with Crippen molar-refractivity contribution in [1.82, 2.24) is 0 Å². The van der Waals surface area contributed by atoms with Crippen molar-refractivity contribution in [3.8, 4) is 0 Å². The van der Waals surface area contributed by atoms with Crippen LogP contribution in [0.3, 0.4) is 0 Å². The van der Waals surface area contributed by atoms with E-state index >= 15 is 0 Å². The lowest BCUT2D eigenvalue weighted by Crippen LogP contribution is -1.89. The van der Waals surface area contributed by atoms with Crippen LogP contribution in [0, 0.1) is 5.41 Å². The summed E-state index contributed by atoms with van der Waals surface area (Å²) in [5.41, 5.74) is 0. The number of allylic oxidation sites excluding steroid dienone is 2. The van der Waals surface area contributed by atoms with Crippen LogP contribution in [-0.4, -0.2) is 12.0 Å². The second-order valence-corrected chi connectivity index (χ2v) is 1.05. The largest absolute Gasteiger partial charge is 0.305 e. The van der Waals surface area contributed by atoms with Gasteiger partial charge in [-0.05, 0) is 13.0 Å². The van der Waals surface area contributed by atoms with E-state index in [1.807, 2.05) is 0 Å². The summed E-state index contributed by atoms with van der Waals surface area (Å²) in [4.78, 5) is 10.1. The number of nitrogens with one attached hydrogen (secondary N) is 1. The minimum Gasteiger partial charge on any atom is -0.305 e. The molecule has 0 radical (unpaired) electrons. The summed E-state index contributed by atoms with van der Waals surface area (Å²) >= 11 is 0. The SMILES string of the molecule is C/C=C/C(=O)C=N. The third kappa shape index (κ3) is 2.89. The summed E-state index contributed by atoms with van der Waals surface area (Å²) in [5.74, 6) is -0.262. The predicted molar refractivity (Wildman–Crippen MR) is 28.6 cm³/mol. The van der Waals surface area contributed by atoms with Crippen molar-refractivity contribution in [2.45, 2.75) is 6.92 Å².